The predicted molar refractivity (Wildman–Crippen MR) is 79.7 cm³/mol. The van der Waals surface area contributed by atoms with Crippen molar-refractivity contribution in [3.63, 3.8) is 0 Å². The fourth-order valence-corrected chi connectivity index (χ4v) is 2.36. The zero-order valence-electron chi connectivity index (χ0n) is 12.9. The summed E-state index contributed by atoms with van der Waals surface area (Å²) in [6, 6.07) is 6.65. The Labute approximate surface area is 125 Å². The third-order valence-electron chi connectivity index (χ3n) is 2.19. The van der Waals surface area contributed by atoms with Gasteiger partial charge >= 0.3 is 33.0 Å². The van der Waals surface area contributed by atoms with Gasteiger partial charge in [-0.1, -0.05) is 47.6 Å². The Morgan fingerprint density at radius 3 is 1.14 bits per heavy atom. The van der Waals surface area contributed by atoms with Crippen LogP contribution in [-0.4, -0.2) is 0 Å². The van der Waals surface area contributed by atoms with E-state index in [0.717, 1.165) is 0 Å². The summed E-state index contributed by atoms with van der Waals surface area (Å²) in [5.74, 6) is 0. The van der Waals surface area contributed by atoms with Crippen LogP contribution in [-0.2, 0) is 10.8 Å². The Balaban J connectivity index is 0.000000486. The summed E-state index contributed by atoms with van der Waals surface area (Å²) in [6.45, 7) is 13.6. The molecule has 0 aliphatic carbocycles. The molecule has 21 heavy (non-hydrogen) atoms. The molecule has 0 nitrogen and oxygen atoms in total. The summed E-state index contributed by atoms with van der Waals surface area (Å²) >= 11 is 1.94. The quantitative estimate of drug-likeness (QED) is 0.251. The third-order valence-corrected chi connectivity index (χ3v) is 4.13. The van der Waals surface area contributed by atoms with E-state index >= 15 is 0 Å². The van der Waals surface area contributed by atoms with Crippen molar-refractivity contribution in [2.24, 2.45) is 0 Å². The van der Waals surface area contributed by atoms with E-state index in [2.05, 4.69) is 59.7 Å². The Hall–Kier alpha value is -0.420. The van der Waals surface area contributed by atoms with Crippen LogP contribution in [0.25, 0.3) is 0 Å². The van der Waals surface area contributed by atoms with Crippen LogP contribution in [0.15, 0.2) is 18.2 Å². The van der Waals surface area contributed by atoms with Gasteiger partial charge < -0.3 is 0 Å². The molecule has 0 radical (unpaired) electrons. The van der Waals surface area contributed by atoms with Gasteiger partial charge in [-0.15, -0.1) is 0 Å². The van der Waals surface area contributed by atoms with Gasteiger partial charge in [0.05, 0.1) is 0 Å². The number of rotatable bonds is 0. The second kappa shape index (κ2) is 5.05. The maximum absolute atomic E-state index is 10.7. The van der Waals surface area contributed by atoms with Gasteiger partial charge in [0.1, 0.15) is 0 Å². The molecule has 1 aromatic heterocycles. The molecule has 0 bridgehead atoms. The molecule has 0 fully saturated rings. The Morgan fingerprint density at radius 2 is 0.952 bits per heavy atom. The van der Waals surface area contributed by atoms with E-state index in [-0.39, 0.29) is 10.8 Å². The summed E-state index contributed by atoms with van der Waals surface area (Å²) in [5.41, 5.74) is 0.540. The Kier molecular flexibility index (Phi) is 4.95. The van der Waals surface area contributed by atoms with Crippen LogP contribution in [0.4, 0.5) is 25.2 Å². The van der Waals surface area contributed by atoms with E-state index in [1.54, 1.807) is 0 Å². The first-order valence-electron chi connectivity index (χ1n) is 6.17. The van der Waals surface area contributed by atoms with E-state index in [4.69, 9.17) is 0 Å². The average molecular weight is 354 g/mol. The normalized spacial score (nSPS) is 16.4. The summed E-state index contributed by atoms with van der Waals surface area (Å²) in [4.78, 5) is 2.93. The van der Waals surface area contributed by atoms with Crippen LogP contribution in [0, 0.1) is 0 Å². The first-order chi connectivity index (χ1) is 8.66. The van der Waals surface area contributed by atoms with Crippen molar-refractivity contribution < 1.29 is 25.2 Å². The zero-order chi connectivity index (χ0) is 17.4. The number of hydrogen-bond acceptors (Lipinski definition) is 0. The molecule has 0 unspecified atom stereocenters. The van der Waals surface area contributed by atoms with E-state index in [1.807, 2.05) is 11.3 Å². The van der Waals surface area contributed by atoms with Gasteiger partial charge in [0.15, 0.2) is 0 Å². The van der Waals surface area contributed by atoms with E-state index in [1.165, 1.54) is 9.75 Å². The van der Waals surface area contributed by atoms with Gasteiger partial charge in [0.25, 0.3) is 0 Å². The minimum atomic E-state index is -10.7. The van der Waals surface area contributed by atoms with Gasteiger partial charge in [-0.05, 0) is 12.1 Å². The molecule has 0 aliphatic heterocycles. The van der Waals surface area contributed by atoms with Gasteiger partial charge in [-0.25, -0.2) is 0 Å². The molecule has 0 aliphatic rings. The van der Waals surface area contributed by atoms with E-state index < -0.39 is 7.81 Å². The van der Waals surface area contributed by atoms with Crippen molar-refractivity contribution in [3.8, 4) is 0 Å². The predicted octanol–water partition coefficient (Wildman–Crippen LogP) is 8.01. The molecule has 0 atom stereocenters. The molecule has 0 saturated heterocycles. The average Bonchev–Trinajstić information content (AvgIpc) is 2.10. The summed E-state index contributed by atoms with van der Waals surface area (Å²) in [6.07, 6.45) is 0. The number of halogens is 6. The number of hydrogen-bond donors (Lipinski definition) is 0. The van der Waals surface area contributed by atoms with Gasteiger partial charge in [0.2, 0.25) is 21.1 Å². The Morgan fingerprint density at radius 1 is 0.714 bits per heavy atom. The second-order valence-corrected chi connectivity index (χ2v) is 9.82. The molecule has 1 rings (SSSR count). The summed E-state index contributed by atoms with van der Waals surface area (Å²) in [7, 11) is -10.7. The standard InChI is InChI=1S/C13H21S.F6P/c1-12(2,3)10-8-7-9-11(14-10)13(4,5)6;1-7(2,3,4,5)6/h7-9H,1-6H3;/q+1;-1. The molecule has 0 N–H and O–H groups in total. The SMILES string of the molecule is CC(C)(C)c1cccc(C(C)(C)C)[s+]1.F[P-](F)(F)(F)(F)F. The zero-order valence-corrected chi connectivity index (χ0v) is 14.6. The monoisotopic (exact) mass is 354 g/mol. The van der Waals surface area contributed by atoms with Crippen LogP contribution >= 0.6 is 19.1 Å². The molecule has 0 saturated carbocycles. The molecule has 0 amide bonds. The molecular formula is C13H21F6PS. The molecule has 0 aromatic carbocycles. The molecule has 8 heteroatoms. The topological polar surface area (TPSA) is 0 Å². The maximum atomic E-state index is 9.87. The first kappa shape index (κ1) is 20.6. The van der Waals surface area contributed by atoms with Crippen LogP contribution in [0.2, 0.25) is 0 Å². The fourth-order valence-electron chi connectivity index (χ4n) is 1.22. The molecule has 1 aromatic rings. The van der Waals surface area contributed by atoms with E-state index in [0.29, 0.717) is 0 Å². The van der Waals surface area contributed by atoms with Crippen LogP contribution in [0.5, 0.6) is 0 Å². The first-order valence-corrected chi connectivity index (χ1v) is 9.01. The molecule has 126 valence electrons. The Bertz CT molecular complexity index is 452. The molecule has 1 heterocycles. The van der Waals surface area contributed by atoms with Crippen molar-refractivity contribution in [3.05, 3.63) is 28.0 Å². The summed E-state index contributed by atoms with van der Waals surface area (Å²) in [5, 5.41) is 0. The minimum absolute atomic E-state index is 0.270. The molecule has 0 spiro atoms. The summed E-state index contributed by atoms with van der Waals surface area (Å²) < 4.78 is 59.2. The van der Waals surface area contributed by atoms with Crippen molar-refractivity contribution in [2.45, 2.75) is 52.4 Å². The second-order valence-electron chi connectivity index (χ2n) is 6.81. The van der Waals surface area contributed by atoms with Crippen molar-refractivity contribution >= 4 is 19.1 Å². The van der Waals surface area contributed by atoms with Crippen molar-refractivity contribution in [1.29, 1.82) is 0 Å². The van der Waals surface area contributed by atoms with Crippen LogP contribution < -0.4 is 0 Å². The van der Waals surface area contributed by atoms with Gasteiger partial charge in [-0.3, -0.25) is 0 Å². The van der Waals surface area contributed by atoms with Crippen LogP contribution in [0.1, 0.15) is 51.3 Å². The van der Waals surface area contributed by atoms with Crippen molar-refractivity contribution in [2.75, 3.05) is 0 Å². The fraction of sp³-hybridized carbons (Fsp3) is 0.615. The molecular weight excluding hydrogens is 333 g/mol. The van der Waals surface area contributed by atoms with Gasteiger partial charge in [0, 0.05) is 10.8 Å². The third kappa shape index (κ3) is 13.0. The van der Waals surface area contributed by atoms with E-state index in [9.17, 15) is 25.2 Å². The van der Waals surface area contributed by atoms with Gasteiger partial charge in [-0.2, -0.15) is 0 Å². The van der Waals surface area contributed by atoms with Crippen molar-refractivity contribution in [1.82, 2.24) is 0 Å². The van der Waals surface area contributed by atoms with Crippen LogP contribution in [0.3, 0.4) is 0 Å².